The lowest BCUT2D eigenvalue weighted by molar-refractivity contribution is -0.138. The zero-order valence-electron chi connectivity index (χ0n) is 20.0. The summed E-state index contributed by atoms with van der Waals surface area (Å²) in [6, 6.07) is 5.49. The molecule has 2 atom stereocenters. The van der Waals surface area contributed by atoms with Gasteiger partial charge in [0, 0.05) is 59.7 Å². The largest absolute Gasteiger partial charge is 0.481 e. The molecule has 0 radical (unpaired) electrons. The van der Waals surface area contributed by atoms with Crippen molar-refractivity contribution in [3.63, 3.8) is 0 Å². The summed E-state index contributed by atoms with van der Waals surface area (Å²) in [5, 5.41) is 12.8. The lowest BCUT2D eigenvalue weighted by Gasteiger charge is -2.39. The molecule has 4 heterocycles. The van der Waals surface area contributed by atoms with Gasteiger partial charge in [0.25, 0.3) is 15.9 Å². The van der Waals surface area contributed by atoms with Crippen molar-refractivity contribution in [2.24, 2.45) is 0 Å². The third-order valence-corrected chi connectivity index (χ3v) is 11.1. The molecule has 2 aliphatic rings. The average molecular weight is 602 g/mol. The molecule has 12 nitrogen and oxygen atoms in total. The van der Waals surface area contributed by atoms with Crippen molar-refractivity contribution in [3.05, 3.63) is 44.9 Å². The SMILES string of the molecule is CS(=O)(=O)C1Cc2nc(C(=O)N3CCN(S(=O)(=O)c4cc5cc(Cl)ccc5[nH]4)CC3CC(=O)O)sc2CN1. The Bertz CT molecular complexity index is 1650. The van der Waals surface area contributed by atoms with Crippen LogP contribution in [0, 0.1) is 0 Å². The van der Waals surface area contributed by atoms with Crippen LogP contribution in [-0.4, -0.2) is 90.3 Å². The summed E-state index contributed by atoms with van der Waals surface area (Å²) in [6.07, 6.45) is 0.796. The fourth-order valence-corrected chi connectivity index (χ4v) is 8.20. The average Bonchev–Trinajstić information content (AvgIpc) is 3.46. The Morgan fingerprint density at radius 3 is 2.68 bits per heavy atom. The van der Waals surface area contributed by atoms with Gasteiger partial charge in [0.1, 0.15) is 10.4 Å². The summed E-state index contributed by atoms with van der Waals surface area (Å²) in [5.74, 6) is -1.69. The van der Waals surface area contributed by atoms with Gasteiger partial charge >= 0.3 is 5.97 Å². The number of carboxylic acids is 1. The highest BCUT2D eigenvalue weighted by atomic mass is 35.5. The molecule has 38 heavy (non-hydrogen) atoms. The van der Waals surface area contributed by atoms with Crippen LogP contribution in [0.2, 0.25) is 5.02 Å². The van der Waals surface area contributed by atoms with Gasteiger partial charge in [-0.2, -0.15) is 4.31 Å². The molecule has 1 saturated heterocycles. The molecule has 1 fully saturated rings. The molecule has 1 aromatic carbocycles. The summed E-state index contributed by atoms with van der Waals surface area (Å²) in [5.41, 5.74) is 1.10. The molecule has 0 bridgehead atoms. The molecule has 1 amide bonds. The van der Waals surface area contributed by atoms with Crippen LogP contribution < -0.4 is 5.32 Å². The number of nitrogens with one attached hydrogen (secondary N) is 2. The molecular formula is C22H24ClN5O7S3. The highest BCUT2D eigenvalue weighted by Crippen LogP contribution is 2.29. The number of hydrogen-bond acceptors (Lipinski definition) is 9. The number of aliphatic carboxylic acids is 1. The van der Waals surface area contributed by atoms with E-state index in [1.54, 1.807) is 18.2 Å². The van der Waals surface area contributed by atoms with Crippen LogP contribution in [0.15, 0.2) is 29.3 Å². The summed E-state index contributed by atoms with van der Waals surface area (Å²) in [7, 11) is -7.37. The minimum Gasteiger partial charge on any atom is -0.481 e. The molecule has 2 aromatic heterocycles. The minimum absolute atomic E-state index is 0.0312. The van der Waals surface area contributed by atoms with Crippen molar-refractivity contribution in [1.82, 2.24) is 24.5 Å². The number of fused-ring (bicyclic) bond motifs is 2. The molecule has 0 aliphatic carbocycles. The Hall–Kier alpha value is -2.56. The van der Waals surface area contributed by atoms with Crippen LogP contribution in [0.25, 0.3) is 10.9 Å². The molecule has 0 saturated carbocycles. The zero-order valence-corrected chi connectivity index (χ0v) is 23.3. The Morgan fingerprint density at radius 1 is 1.21 bits per heavy atom. The number of carbonyl (C=O) groups excluding carboxylic acids is 1. The first kappa shape index (κ1) is 27.0. The van der Waals surface area contributed by atoms with Crippen LogP contribution >= 0.6 is 22.9 Å². The predicted octanol–water partition coefficient (Wildman–Crippen LogP) is 1.28. The molecule has 0 spiro atoms. The second-order valence-electron chi connectivity index (χ2n) is 9.27. The number of carboxylic acid groups (broad SMARTS) is 1. The van der Waals surface area contributed by atoms with Gasteiger partial charge in [-0.25, -0.2) is 21.8 Å². The van der Waals surface area contributed by atoms with Crippen molar-refractivity contribution >= 4 is 65.6 Å². The van der Waals surface area contributed by atoms with Gasteiger partial charge in [0.2, 0.25) is 0 Å². The van der Waals surface area contributed by atoms with Crippen molar-refractivity contribution in [3.8, 4) is 0 Å². The Morgan fingerprint density at radius 2 is 1.97 bits per heavy atom. The number of piperazine rings is 1. The maximum Gasteiger partial charge on any atom is 0.305 e. The first-order valence-corrected chi connectivity index (χ1v) is 16.1. The van der Waals surface area contributed by atoms with E-state index in [2.05, 4.69) is 15.3 Å². The van der Waals surface area contributed by atoms with Crippen molar-refractivity contribution in [2.75, 3.05) is 25.9 Å². The third-order valence-electron chi connectivity index (χ3n) is 6.64. The van der Waals surface area contributed by atoms with Gasteiger partial charge in [-0.1, -0.05) is 11.6 Å². The number of sulfone groups is 1. The van der Waals surface area contributed by atoms with Gasteiger partial charge in [-0.3, -0.25) is 14.9 Å². The second kappa shape index (κ2) is 9.88. The lowest BCUT2D eigenvalue weighted by Crippen LogP contribution is -2.57. The maximum atomic E-state index is 13.4. The summed E-state index contributed by atoms with van der Waals surface area (Å²) in [6.45, 7) is -0.0305. The smallest absolute Gasteiger partial charge is 0.305 e. The third kappa shape index (κ3) is 5.18. The summed E-state index contributed by atoms with van der Waals surface area (Å²) in [4.78, 5) is 34.4. The van der Waals surface area contributed by atoms with E-state index >= 15 is 0 Å². The molecule has 3 aromatic rings. The first-order valence-electron chi connectivity index (χ1n) is 11.5. The molecule has 2 aliphatic heterocycles. The summed E-state index contributed by atoms with van der Waals surface area (Å²) >= 11 is 7.14. The molecule has 3 N–H and O–H groups in total. The number of rotatable bonds is 6. The van der Waals surface area contributed by atoms with E-state index in [9.17, 15) is 31.5 Å². The zero-order chi connectivity index (χ0) is 27.4. The number of H-pyrrole nitrogens is 1. The molecule has 204 valence electrons. The van der Waals surface area contributed by atoms with Crippen molar-refractivity contribution in [2.45, 2.75) is 35.8 Å². The van der Waals surface area contributed by atoms with Crippen molar-refractivity contribution < 1.29 is 31.5 Å². The van der Waals surface area contributed by atoms with E-state index in [4.69, 9.17) is 11.6 Å². The number of aromatic nitrogens is 2. The van der Waals surface area contributed by atoms with Crippen LogP contribution in [0.5, 0.6) is 0 Å². The monoisotopic (exact) mass is 601 g/mol. The van der Waals surface area contributed by atoms with Crippen molar-refractivity contribution in [1.29, 1.82) is 0 Å². The van der Waals surface area contributed by atoms with Crippen LogP contribution in [0.4, 0.5) is 0 Å². The predicted molar refractivity (Wildman–Crippen MR) is 140 cm³/mol. The first-order chi connectivity index (χ1) is 17.8. The highest BCUT2D eigenvalue weighted by Gasteiger charge is 2.39. The minimum atomic E-state index is -4.02. The maximum absolute atomic E-state index is 13.4. The van der Waals surface area contributed by atoms with Crippen LogP contribution in [-0.2, 0) is 37.6 Å². The van der Waals surface area contributed by atoms with E-state index in [0.717, 1.165) is 22.5 Å². The number of amides is 1. The number of thiazole rings is 1. The normalized spacial score (nSPS) is 20.9. The van der Waals surface area contributed by atoms with E-state index in [1.807, 2.05) is 0 Å². The Balaban J connectivity index is 1.38. The number of hydrogen-bond donors (Lipinski definition) is 3. The van der Waals surface area contributed by atoms with Gasteiger partial charge in [0.05, 0.1) is 18.2 Å². The number of halogens is 1. The van der Waals surface area contributed by atoms with Gasteiger partial charge in [-0.05, 0) is 24.3 Å². The van der Waals surface area contributed by atoms with E-state index in [1.165, 1.54) is 15.3 Å². The van der Waals surface area contributed by atoms with Crippen LogP contribution in [0.1, 0.15) is 26.8 Å². The molecule has 2 unspecified atom stereocenters. The fraction of sp³-hybridized carbons (Fsp3) is 0.409. The number of carbonyl (C=O) groups is 2. The number of sulfonamides is 1. The Kier molecular flexibility index (Phi) is 7.02. The number of aromatic amines is 1. The number of benzene rings is 1. The Labute approximate surface area is 227 Å². The topological polar surface area (TPSA) is 170 Å². The molecular weight excluding hydrogens is 578 g/mol. The van der Waals surface area contributed by atoms with E-state index in [-0.39, 0.29) is 42.6 Å². The van der Waals surface area contributed by atoms with Crippen LogP contribution in [0.3, 0.4) is 0 Å². The quantitative estimate of drug-likeness (QED) is 0.376. The lowest BCUT2D eigenvalue weighted by atomic mass is 10.1. The van der Waals surface area contributed by atoms with Gasteiger partial charge in [-0.15, -0.1) is 11.3 Å². The van der Waals surface area contributed by atoms with Gasteiger partial charge in [0.15, 0.2) is 14.8 Å². The fourth-order valence-electron chi connectivity index (χ4n) is 4.70. The summed E-state index contributed by atoms with van der Waals surface area (Å²) < 4.78 is 51.8. The standard InChI is InChI=1S/C22H24ClN5O7S3/c1-37(32,33)18-9-16-17(10-24-18)36-21(26-16)22(31)28-5-4-27(11-14(28)8-20(29)30)38(34,35)19-7-12-6-13(23)2-3-15(12)25-19/h2-3,6-7,14,18,24-25H,4-5,8-11H2,1H3,(H,29,30). The molecule has 5 rings (SSSR count). The van der Waals surface area contributed by atoms with E-state index < -0.39 is 49.6 Å². The second-order valence-corrected chi connectivity index (χ2v) is 14.9. The van der Waals surface area contributed by atoms with Gasteiger partial charge < -0.3 is 15.0 Å². The molecule has 16 heteroatoms. The highest BCUT2D eigenvalue weighted by molar-refractivity contribution is 7.91. The number of nitrogens with zero attached hydrogens (tertiary/aromatic N) is 3. The van der Waals surface area contributed by atoms with E-state index in [0.29, 0.717) is 21.6 Å².